The zero-order valence-electron chi connectivity index (χ0n) is 20.0. The highest BCUT2D eigenvalue weighted by Crippen LogP contribution is 2.33. The number of pyridine rings is 1. The lowest BCUT2D eigenvalue weighted by Crippen LogP contribution is -2.24. The summed E-state index contributed by atoms with van der Waals surface area (Å²) >= 11 is 0. The van der Waals surface area contributed by atoms with Crippen LogP contribution in [0.4, 0.5) is 5.82 Å². The average molecular weight is 468 g/mol. The molecule has 0 unspecified atom stereocenters. The van der Waals surface area contributed by atoms with Gasteiger partial charge in [-0.1, -0.05) is 30.3 Å². The van der Waals surface area contributed by atoms with Crippen molar-refractivity contribution in [3.8, 4) is 22.6 Å². The van der Waals surface area contributed by atoms with Gasteiger partial charge in [0, 0.05) is 11.6 Å². The third-order valence-corrected chi connectivity index (χ3v) is 6.33. The van der Waals surface area contributed by atoms with Crippen LogP contribution in [0.3, 0.4) is 0 Å². The van der Waals surface area contributed by atoms with Gasteiger partial charge in [-0.2, -0.15) is 0 Å². The van der Waals surface area contributed by atoms with Crippen molar-refractivity contribution in [2.24, 2.45) is 0 Å². The van der Waals surface area contributed by atoms with E-state index in [2.05, 4.69) is 24.0 Å². The van der Waals surface area contributed by atoms with Crippen LogP contribution >= 0.6 is 0 Å². The van der Waals surface area contributed by atoms with E-state index in [1.165, 1.54) is 7.11 Å². The van der Waals surface area contributed by atoms with Gasteiger partial charge in [0.1, 0.15) is 17.8 Å². The Morgan fingerprint density at radius 2 is 1.86 bits per heavy atom. The molecule has 0 atom stereocenters. The lowest BCUT2D eigenvalue weighted by atomic mass is 9.94. The third kappa shape index (κ3) is 3.86. The minimum absolute atomic E-state index is 0.112. The molecule has 0 saturated carbocycles. The Bertz CT molecular complexity index is 1460. The molecule has 0 bridgehead atoms. The minimum Gasteiger partial charge on any atom is -0.465 e. The van der Waals surface area contributed by atoms with Crippen LogP contribution in [0.2, 0.25) is 0 Å². The average Bonchev–Trinajstić information content (AvgIpc) is 3.49. The van der Waals surface area contributed by atoms with Crippen molar-refractivity contribution in [2.75, 3.05) is 12.0 Å². The fraction of sp³-hybridized carbons (Fsp3) is 0.222. The molecule has 0 N–H and O–H groups in total. The Morgan fingerprint density at radius 1 is 1.06 bits per heavy atom. The van der Waals surface area contributed by atoms with Gasteiger partial charge in [-0.3, -0.25) is 9.69 Å². The van der Waals surface area contributed by atoms with Gasteiger partial charge >= 0.3 is 5.97 Å². The minimum atomic E-state index is -0.382. The molecular weight excluding hydrogens is 442 g/mol. The van der Waals surface area contributed by atoms with E-state index >= 15 is 0 Å². The molecule has 1 aliphatic rings. The molecule has 0 saturated heterocycles. The summed E-state index contributed by atoms with van der Waals surface area (Å²) in [7, 11) is 1.37. The number of carbonyl (C=O) groups excluding carboxylic acids is 2. The monoisotopic (exact) mass is 467 g/mol. The number of aromatic nitrogens is 4. The molecule has 0 fully saturated rings. The number of fused-ring (bicyclic) bond motifs is 1. The number of carbonyl (C=O) groups is 2. The predicted molar refractivity (Wildman–Crippen MR) is 132 cm³/mol. The van der Waals surface area contributed by atoms with E-state index in [1.54, 1.807) is 17.3 Å². The lowest BCUT2D eigenvalue weighted by molar-refractivity contribution is 0.0600. The van der Waals surface area contributed by atoms with Crippen molar-refractivity contribution in [3.63, 3.8) is 0 Å². The number of ether oxygens (including phenoxy) is 1. The standard InChI is InChI=1S/C27H25N5O3/c1-16(2)32-15-28-30-25(32)23-9-6-10-24(29-23)31-14-19-12-11-18(13-22(19)26(31)33)20-7-5-8-21(17(20)3)27(34)35-4/h5-13,15-16H,14H2,1-4H3. The van der Waals surface area contributed by atoms with E-state index in [0.29, 0.717) is 35.0 Å². The van der Waals surface area contributed by atoms with Gasteiger partial charge in [-0.05, 0) is 67.3 Å². The molecule has 2 aromatic heterocycles. The van der Waals surface area contributed by atoms with Gasteiger partial charge in [0.05, 0.1) is 19.2 Å². The first-order chi connectivity index (χ1) is 16.9. The van der Waals surface area contributed by atoms with Crippen molar-refractivity contribution >= 4 is 17.7 Å². The molecular formula is C27H25N5O3. The Morgan fingerprint density at radius 3 is 2.63 bits per heavy atom. The van der Waals surface area contributed by atoms with Crippen molar-refractivity contribution in [1.82, 2.24) is 19.7 Å². The summed E-state index contributed by atoms with van der Waals surface area (Å²) in [5.74, 6) is 0.729. The highest BCUT2D eigenvalue weighted by Gasteiger charge is 2.30. The fourth-order valence-corrected chi connectivity index (χ4v) is 4.44. The van der Waals surface area contributed by atoms with Gasteiger partial charge in [-0.25, -0.2) is 9.78 Å². The van der Waals surface area contributed by atoms with E-state index in [0.717, 1.165) is 22.3 Å². The molecule has 0 radical (unpaired) electrons. The summed E-state index contributed by atoms with van der Waals surface area (Å²) in [4.78, 5) is 32.0. The van der Waals surface area contributed by atoms with Crippen molar-refractivity contribution in [3.05, 3.63) is 83.2 Å². The van der Waals surface area contributed by atoms with E-state index in [4.69, 9.17) is 9.72 Å². The first kappa shape index (κ1) is 22.5. The van der Waals surface area contributed by atoms with Crippen LogP contribution in [0.5, 0.6) is 0 Å². The number of amides is 1. The molecule has 1 amide bonds. The maximum Gasteiger partial charge on any atom is 0.338 e. The summed E-state index contributed by atoms with van der Waals surface area (Å²) in [6, 6.07) is 17.1. The van der Waals surface area contributed by atoms with Gasteiger partial charge in [0.15, 0.2) is 5.82 Å². The van der Waals surface area contributed by atoms with Crippen LogP contribution in [0.15, 0.2) is 60.9 Å². The second-order valence-electron chi connectivity index (χ2n) is 8.77. The molecule has 5 rings (SSSR count). The molecule has 0 aliphatic carbocycles. The SMILES string of the molecule is COC(=O)c1cccc(-c2ccc3c(c2)C(=O)N(c2cccc(-c4nncn4C(C)C)n2)C3)c1C. The number of esters is 1. The topological polar surface area (TPSA) is 90.2 Å². The zero-order chi connectivity index (χ0) is 24.7. The molecule has 0 spiro atoms. The smallest absolute Gasteiger partial charge is 0.338 e. The molecule has 4 aromatic rings. The molecule has 1 aliphatic heterocycles. The second-order valence-corrected chi connectivity index (χ2v) is 8.77. The van der Waals surface area contributed by atoms with Crippen molar-refractivity contribution in [1.29, 1.82) is 0 Å². The Kier molecular flexibility index (Phi) is 5.64. The van der Waals surface area contributed by atoms with Gasteiger partial charge in [0.2, 0.25) is 0 Å². The van der Waals surface area contributed by atoms with E-state index in [-0.39, 0.29) is 17.9 Å². The van der Waals surface area contributed by atoms with Gasteiger partial charge in [-0.15, -0.1) is 10.2 Å². The van der Waals surface area contributed by atoms with Crippen LogP contribution < -0.4 is 4.90 Å². The lowest BCUT2D eigenvalue weighted by Gasteiger charge is -2.16. The normalized spacial score (nSPS) is 12.8. The molecule has 35 heavy (non-hydrogen) atoms. The van der Waals surface area contributed by atoms with Gasteiger partial charge in [0.25, 0.3) is 5.91 Å². The number of rotatable bonds is 5. The summed E-state index contributed by atoms with van der Waals surface area (Å²) in [6.07, 6.45) is 1.68. The first-order valence-corrected chi connectivity index (χ1v) is 11.4. The third-order valence-electron chi connectivity index (χ3n) is 6.33. The van der Waals surface area contributed by atoms with E-state index in [9.17, 15) is 9.59 Å². The maximum atomic E-state index is 13.4. The summed E-state index contributed by atoms with van der Waals surface area (Å²) in [5.41, 5.74) is 5.29. The predicted octanol–water partition coefficient (Wildman–Crippen LogP) is 4.84. The quantitative estimate of drug-likeness (QED) is 0.390. The summed E-state index contributed by atoms with van der Waals surface area (Å²) in [6.45, 7) is 6.42. The summed E-state index contributed by atoms with van der Waals surface area (Å²) < 4.78 is 6.85. The van der Waals surface area contributed by atoms with Crippen LogP contribution in [0.1, 0.15) is 51.7 Å². The highest BCUT2D eigenvalue weighted by molar-refractivity contribution is 6.10. The Labute approximate surface area is 203 Å². The van der Waals surface area contributed by atoms with E-state index in [1.807, 2.05) is 60.0 Å². The number of nitrogens with zero attached hydrogens (tertiary/aromatic N) is 5. The van der Waals surface area contributed by atoms with Crippen LogP contribution in [-0.4, -0.2) is 38.7 Å². The Balaban J connectivity index is 1.48. The highest BCUT2D eigenvalue weighted by atomic mass is 16.5. The Hall–Kier alpha value is -4.33. The van der Waals surface area contributed by atoms with Crippen molar-refractivity contribution in [2.45, 2.75) is 33.4 Å². The number of hydrogen-bond acceptors (Lipinski definition) is 6. The number of anilines is 1. The molecule has 8 nitrogen and oxygen atoms in total. The molecule has 2 aromatic carbocycles. The van der Waals surface area contributed by atoms with Crippen LogP contribution in [-0.2, 0) is 11.3 Å². The van der Waals surface area contributed by atoms with Gasteiger partial charge < -0.3 is 9.30 Å². The second kappa shape index (κ2) is 8.79. The molecule has 8 heteroatoms. The maximum absolute atomic E-state index is 13.4. The summed E-state index contributed by atoms with van der Waals surface area (Å²) in [5, 5.41) is 8.25. The van der Waals surface area contributed by atoms with E-state index < -0.39 is 0 Å². The zero-order valence-corrected chi connectivity index (χ0v) is 20.0. The number of methoxy groups -OCH3 is 1. The van der Waals surface area contributed by atoms with Crippen LogP contribution in [0.25, 0.3) is 22.6 Å². The first-order valence-electron chi connectivity index (χ1n) is 11.4. The number of benzene rings is 2. The van der Waals surface area contributed by atoms with Crippen molar-refractivity contribution < 1.29 is 14.3 Å². The molecule has 3 heterocycles. The largest absolute Gasteiger partial charge is 0.465 e. The van der Waals surface area contributed by atoms with Crippen LogP contribution in [0, 0.1) is 6.92 Å². The molecule has 176 valence electrons. The number of hydrogen-bond donors (Lipinski definition) is 0. The fourth-order valence-electron chi connectivity index (χ4n) is 4.44.